The van der Waals surface area contributed by atoms with E-state index in [0.717, 1.165) is 36.8 Å². The van der Waals surface area contributed by atoms with Gasteiger partial charge < -0.3 is 19.1 Å². The summed E-state index contributed by atoms with van der Waals surface area (Å²) in [4.78, 5) is 4.63. The summed E-state index contributed by atoms with van der Waals surface area (Å²) in [5, 5.41) is 0. The van der Waals surface area contributed by atoms with Crippen molar-refractivity contribution in [3.8, 4) is 17.2 Å². The van der Waals surface area contributed by atoms with E-state index in [0.29, 0.717) is 0 Å². The molecule has 0 saturated carbocycles. The van der Waals surface area contributed by atoms with Crippen LogP contribution in [0.15, 0.2) is 36.4 Å². The van der Waals surface area contributed by atoms with Crippen LogP contribution in [0.1, 0.15) is 43.2 Å². The van der Waals surface area contributed by atoms with Crippen molar-refractivity contribution in [2.45, 2.75) is 37.8 Å². The van der Waals surface area contributed by atoms with Crippen LogP contribution >= 0.6 is 0 Å². The van der Waals surface area contributed by atoms with Gasteiger partial charge in [-0.1, -0.05) is 12.1 Å². The third-order valence-corrected chi connectivity index (χ3v) is 6.38. The van der Waals surface area contributed by atoms with Crippen LogP contribution in [-0.2, 0) is 0 Å². The SMILES string of the molecule is CN(C)c1ccc([C@@H]2C[C@](C)(N3CCCC3)Oc3cc4c(cc32)OCO4)cc1. The summed E-state index contributed by atoms with van der Waals surface area (Å²) in [6.07, 6.45) is 3.42. The van der Waals surface area contributed by atoms with Crippen molar-refractivity contribution in [3.05, 3.63) is 47.5 Å². The fourth-order valence-corrected chi connectivity index (χ4v) is 4.75. The Labute approximate surface area is 166 Å². The summed E-state index contributed by atoms with van der Waals surface area (Å²) < 4.78 is 17.9. The number of hydrogen-bond acceptors (Lipinski definition) is 5. The molecule has 3 heterocycles. The smallest absolute Gasteiger partial charge is 0.231 e. The quantitative estimate of drug-likeness (QED) is 0.797. The van der Waals surface area contributed by atoms with Crippen LogP contribution in [0.2, 0.25) is 0 Å². The molecular weight excluding hydrogens is 352 g/mol. The van der Waals surface area contributed by atoms with Gasteiger partial charge in [-0.05, 0) is 43.5 Å². The maximum atomic E-state index is 6.62. The fourth-order valence-electron chi connectivity index (χ4n) is 4.75. The Morgan fingerprint density at radius 1 is 0.964 bits per heavy atom. The minimum Gasteiger partial charge on any atom is -0.472 e. The lowest BCUT2D eigenvalue weighted by Crippen LogP contribution is -2.52. The zero-order valence-corrected chi connectivity index (χ0v) is 16.9. The summed E-state index contributed by atoms with van der Waals surface area (Å²) in [5.41, 5.74) is 3.42. The fraction of sp³-hybridized carbons (Fsp3) is 0.478. The molecule has 5 nitrogen and oxygen atoms in total. The highest BCUT2D eigenvalue weighted by molar-refractivity contribution is 5.57. The summed E-state index contributed by atoms with van der Waals surface area (Å²) >= 11 is 0. The number of likely N-dealkylation sites (tertiary alicyclic amines) is 1. The largest absolute Gasteiger partial charge is 0.472 e. The summed E-state index contributed by atoms with van der Waals surface area (Å²) in [6, 6.07) is 13.0. The first-order valence-electron chi connectivity index (χ1n) is 10.2. The van der Waals surface area contributed by atoms with Crippen molar-refractivity contribution in [1.82, 2.24) is 4.90 Å². The van der Waals surface area contributed by atoms with Gasteiger partial charge >= 0.3 is 0 Å². The number of rotatable bonds is 3. The Hall–Kier alpha value is -2.40. The van der Waals surface area contributed by atoms with Crippen molar-refractivity contribution in [3.63, 3.8) is 0 Å². The maximum absolute atomic E-state index is 6.62. The van der Waals surface area contributed by atoms with Gasteiger partial charge in [-0.3, -0.25) is 4.90 Å². The molecule has 0 amide bonds. The lowest BCUT2D eigenvalue weighted by Gasteiger charge is -2.45. The van der Waals surface area contributed by atoms with Gasteiger partial charge in [-0.2, -0.15) is 0 Å². The topological polar surface area (TPSA) is 34.2 Å². The molecule has 1 saturated heterocycles. The molecule has 1 fully saturated rings. The first-order valence-corrected chi connectivity index (χ1v) is 10.2. The molecule has 2 aromatic rings. The van der Waals surface area contributed by atoms with Crippen molar-refractivity contribution >= 4 is 5.69 Å². The van der Waals surface area contributed by atoms with E-state index in [4.69, 9.17) is 14.2 Å². The van der Waals surface area contributed by atoms with E-state index in [1.165, 1.54) is 29.7 Å². The molecule has 0 unspecified atom stereocenters. The van der Waals surface area contributed by atoms with Crippen LogP contribution in [0.4, 0.5) is 5.69 Å². The van der Waals surface area contributed by atoms with Crippen LogP contribution in [0.25, 0.3) is 0 Å². The molecule has 148 valence electrons. The van der Waals surface area contributed by atoms with E-state index >= 15 is 0 Å². The van der Waals surface area contributed by atoms with E-state index < -0.39 is 0 Å². The van der Waals surface area contributed by atoms with Crippen LogP contribution in [0.5, 0.6) is 17.2 Å². The molecule has 0 aromatic heterocycles. The van der Waals surface area contributed by atoms with Gasteiger partial charge in [0.2, 0.25) is 6.79 Å². The van der Waals surface area contributed by atoms with Crippen molar-refractivity contribution in [2.24, 2.45) is 0 Å². The van der Waals surface area contributed by atoms with Crippen LogP contribution in [-0.4, -0.2) is 44.6 Å². The van der Waals surface area contributed by atoms with Crippen LogP contribution < -0.4 is 19.1 Å². The van der Waals surface area contributed by atoms with Gasteiger partial charge in [-0.15, -0.1) is 0 Å². The van der Waals surface area contributed by atoms with Crippen LogP contribution in [0, 0.1) is 0 Å². The molecule has 3 aliphatic rings. The summed E-state index contributed by atoms with van der Waals surface area (Å²) in [7, 11) is 4.15. The highest BCUT2D eigenvalue weighted by Crippen LogP contribution is 2.50. The van der Waals surface area contributed by atoms with Gasteiger partial charge in [0.15, 0.2) is 17.2 Å². The van der Waals surface area contributed by atoms with E-state index in [1.807, 2.05) is 6.07 Å². The lowest BCUT2D eigenvalue weighted by atomic mass is 9.81. The van der Waals surface area contributed by atoms with Gasteiger partial charge in [0.25, 0.3) is 0 Å². The van der Waals surface area contributed by atoms with Gasteiger partial charge in [-0.25, -0.2) is 0 Å². The van der Waals surface area contributed by atoms with Gasteiger partial charge in [0.1, 0.15) is 5.75 Å². The van der Waals surface area contributed by atoms with E-state index in [-0.39, 0.29) is 18.4 Å². The number of nitrogens with zero attached hydrogens (tertiary/aromatic N) is 2. The monoisotopic (exact) mass is 380 g/mol. The molecule has 5 heteroatoms. The predicted octanol–water partition coefficient (Wildman–Crippen LogP) is 4.21. The lowest BCUT2D eigenvalue weighted by molar-refractivity contribution is -0.0768. The average molecular weight is 380 g/mol. The zero-order chi connectivity index (χ0) is 19.3. The molecule has 28 heavy (non-hydrogen) atoms. The van der Waals surface area contributed by atoms with Crippen molar-refractivity contribution < 1.29 is 14.2 Å². The number of hydrogen-bond donors (Lipinski definition) is 0. The minimum absolute atomic E-state index is 0.264. The number of ether oxygens (including phenoxy) is 3. The van der Waals surface area contributed by atoms with E-state index in [1.54, 1.807) is 0 Å². The summed E-state index contributed by atoms with van der Waals surface area (Å²) in [6.45, 7) is 4.72. The number of fused-ring (bicyclic) bond motifs is 2. The standard InChI is InChI=1S/C23H28N2O3/c1-23(25-10-4-5-11-25)14-19(16-6-8-17(9-7-16)24(2)3)18-12-21-22(27-15-26-21)13-20(18)28-23/h6-9,12-13,19H,4-5,10-11,14-15H2,1-3H3/t19-,23+/m0/s1. The molecule has 0 spiro atoms. The highest BCUT2D eigenvalue weighted by Gasteiger charge is 2.44. The molecule has 0 bridgehead atoms. The third kappa shape index (κ3) is 2.89. The Bertz CT molecular complexity index is 874. The zero-order valence-electron chi connectivity index (χ0n) is 16.9. The Kier molecular flexibility index (Phi) is 4.16. The molecule has 0 N–H and O–H groups in total. The second-order valence-electron chi connectivity index (χ2n) is 8.46. The first kappa shape index (κ1) is 17.7. The molecule has 2 aromatic carbocycles. The van der Waals surface area contributed by atoms with Crippen LogP contribution in [0.3, 0.4) is 0 Å². The predicted molar refractivity (Wildman–Crippen MR) is 110 cm³/mol. The molecule has 0 radical (unpaired) electrons. The number of benzene rings is 2. The van der Waals surface area contributed by atoms with Gasteiger partial charge in [0, 0.05) is 56.8 Å². The first-order chi connectivity index (χ1) is 13.5. The van der Waals surface area contributed by atoms with E-state index in [9.17, 15) is 0 Å². The van der Waals surface area contributed by atoms with Crippen molar-refractivity contribution in [2.75, 3.05) is 38.9 Å². The second-order valence-corrected chi connectivity index (χ2v) is 8.46. The average Bonchev–Trinajstić information content (AvgIpc) is 3.38. The molecule has 3 aliphatic heterocycles. The van der Waals surface area contributed by atoms with E-state index in [2.05, 4.69) is 61.2 Å². The third-order valence-electron chi connectivity index (χ3n) is 6.38. The summed E-state index contributed by atoms with van der Waals surface area (Å²) in [5.74, 6) is 2.79. The highest BCUT2D eigenvalue weighted by atomic mass is 16.7. The maximum Gasteiger partial charge on any atom is 0.231 e. The Morgan fingerprint density at radius 2 is 1.64 bits per heavy atom. The number of anilines is 1. The van der Waals surface area contributed by atoms with Gasteiger partial charge in [0.05, 0.1) is 0 Å². The Balaban J connectivity index is 1.58. The molecular formula is C23H28N2O3. The molecule has 2 atom stereocenters. The van der Waals surface area contributed by atoms with Crippen molar-refractivity contribution in [1.29, 1.82) is 0 Å². The molecule has 5 rings (SSSR count). The minimum atomic E-state index is -0.303. The second kappa shape index (κ2) is 6.59. The Morgan fingerprint density at radius 3 is 2.32 bits per heavy atom. The molecule has 0 aliphatic carbocycles. The normalized spacial score (nSPS) is 26.0.